The molecule has 0 bridgehead atoms. The molecule has 0 aliphatic heterocycles. The zero-order valence-corrected chi connectivity index (χ0v) is 16.3. The first-order valence-electron chi connectivity index (χ1n) is 8.73. The third-order valence-corrected chi connectivity index (χ3v) is 5.06. The number of hydrogen-bond donors (Lipinski definition) is 1. The minimum atomic E-state index is -0.478. The highest BCUT2D eigenvalue weighted by molar-refractivity contribution is 7.99. The first-order valence-corrected chi connectivity index (χ1v) is 9.88. The van der Waals surface area contributed by atoms with E-state index < -0.39 is 5.91 Å². The minimum absolute atomic E-state index is 0.00116. The first kappa shape index (κ1) is 19.7. The van der Waals surface area contributed by atoms with Crippen LogP contribution in [-0.4, -0.2) is 34.5 Å². The van der Waals surface area contributed by atoms with Crippen molar-refractivity contribution in [2.75, 3.05) is 12.8 Å². The van der Waals surface area contributed by atoms with Crippen molar-refractivity contribution in [3.05, 3.63) is 77.7 Å². The summed E-state index contributed by atoms with van der Waals surface area (Å²) in [6.45, 7) is 0.419. The smallest absolute Gasteiger partial charge is 0.248 e. The molecule has 0 aliphatic rings. The van der Waals surface area contributed by atoms with Crippen LogP contribution in [0.25, 0.3) is 11.5 Å². The topological polar surface area (TPSA) is 89.4 Å². The number of thioether (sulfide) groups is 1. The lowest BCUT2D eigenvalue weighted by Gasteiger charge is -2.17. The van der Waals surface area contributed by atoms with Crippen LogP contribution < -0.4 is 5.73 Å². The van der Waals surface area contributed by atoms with Gasteiger partial charge in [-0.1, -0.05) is 30.3 Å². The van der Waals surface area contributed by atoms with Crippen LogP contribution in [-0.2, 0) is 17.1 Å². The number of aromatic nitrogens is 1. The molecule has 7 heteroatoms. The van der Waals surface area contributed by atoms with Crippen LogP contribution in [0, 0.1) is 0 Å². The van der Waals surface area contributed by atoms with Crippen LogP contribution in [0.15, 0.2) is 65.3 Å². The highest BCUT2D eigenvalue weighted by Gasteiger charge is 2.12. The van der Waals surface area contributed by atoms with Crippen LogP contribution in [0.3, 0.4) is 0 Å². The Kier molecular flexibility index (Phi) is 6.49. The Morgan fingerprint density at radius 2 is 1.93 bits per heavy atom. The van der Waals surface area contributed by atoms with Gasteiger partial charge in [0.25, 0.3) is 0 Å². The molecule has 0 saturated carbocycles. The summed E-state index contributed by atoms with van der Waals surface area (Å²) >= 11 is 1.48. The standard InChI is InChI=1S/C21H21N3O3S/c1-24(11-15-6-5-9-17(10-15)20(22)26)19(25)14-28-13-18-12-27-21(23-18)16-7-3-2-4-8-16/h2-10,12H,11,13-14H2,1H3,(H2,22,26). The maximum atomic E-state index is 12.4. The van der Waals surface area contributed by atoms with E-state index in [-0.39, 0.29) is 5.91 Å². The van der Waals surface area contributed by atoms with E-state index in [0.717, 1.165) is 16.8 Å². The monoisotopic (exact) mass is 395 g/mol. The summed E-state index contributed by atoms with van der Waals surface area (Å²) in [5.74, 6) is 1.02. The molecule has 0 unspecified atom stereocenters. The van der Waals surface area contributed by atoms with E-state index in [4.69, 9.17) is 10.2 Å². The third-order valence-electron chi connectivity index (χ3n) is 4.10. The fourth-order valence-corrected chi connectivity index (χ4v) is 3.46. The van der Waals surface area contributed by atoms with Gasteiger partial charge in [0.05, 0.1) is 11.4 Å². The number of nitrogens with zero attached hydrogens (tertiary/aromatic N) is 2. The number of hydrogen-bond acceptors (Lipinski definition) is 5. The summed E-state index contributed by atoms with van der Waals surface area (Å²) in [5.41, 5.74) is 8.32. The molecule has 0 atom stereocenters. The van der Waals surface area contributed by atoms with Crippen molar-refractivity contribution in [3.8, 4) is 11.5 Å². The maximum Gasteiger partial charge on any atom is 0.248 e. The third kappa shape index (κ3) is 5.23. The summed E-state index contributed by atoms with van der Waals surface area (Å²) in [6, 6.07) is 16.7. The lowest BCUT2D eigenvalue weighted by molar-refractivity contribution is -0.127. The largest absolute Gasteiger partial charge is 0.444 e. The van der Waals surface area contributed by atoms with Gasteiger partial charge in [-0.15, -0.1) is 11.8 Å². The average molecular weight is 395 g/mol. The fourth-order valence-electron chi connectivity index (χ4n) is 2.62. The molecule has 0 fully saturated rings. The molecule has 1 aromatic heterocycles. The van der Waals surface area contributed by atoms with Crippen LogP contribution in [0.5, 0.6) is 0 Å². The molecule has 0 spiro atoms. The normalized spacial score (nSPS) is 10.6. The van der Waals surface area contributed by atoms with Crippen LogP contribution in [0.4, 0.5) is 0 Å². The van der Waals surface area contributed by atoms with E-state index >= 15 is 0 Å². The van der Waals surface area contributed by atoms with E-state index in [1.165, 1.54) is 11.8 Å². The number of carbonyl (C=O) groups excluding carboxylic acids is 2. The molecule has 2 amide bonds. The Balaban J connectivity index is 1.48. The van der Waals surface area contributed by atoms with E-state index in [1.54, 1.807) is 36.4 Å². The summed E-state index contributed by atoms with van der Waals surface area (Å²) in [5, 5.41) is 0. The molecule has 0 saturated heterocycles. The number of carbonyl (C=O) groups is 2. The Labute approximate surface area is 167 Å². The van der Waals surface area contributed by atoms with Gasteiger partial charge in [0, 0.05) is 30.5 Å². The number of primary amides is 1. The molecular weight excluding hydrogens is 374 g/mol. The summed E-state index contributed by atoms with van der Waals surface area (Å²) in [6.07, 6.45) is 1.62. The van der Waals surface area contributed by atoms with Gasteiger partial charge in [-0.3, -0.25) is 9.59 Å². The second-order valence-corrected chi connectivity index (χ2v) is 7.30. The van der Waals surface area contributed by atoms with Gasteiger partial charge in [0.1, 0.15) is 6.26 Å². The van der Waals surface area contributed by atoms with E-state index in [0.29, 0.717) is 29.5 Å². The van der Waals surface area contributed by atoms with Gasteiger partial charge in [0.15, 0.2) is 0 Å². The zero-order chi connectivity index (χ0) is 19.9. The molecule has 3 aromatic rings. The summed E-state index contributed by atoms with van der Waals surface area (Å²) in [4.78, 5) is 29.7. The predicted octanol–water partition coefficient (Wildman–Crippen LogP) is 3.33. The molecule has 0 radical (unpaired) electrons. The number of benzene rings is 2. The van der Waals surface area contributed by atoms with Crippen molar-refractivity contribution in [2.24, 2.45) is 5.73 Å². The number of rotatable bonds is 8. The molecule has 2 N–H and O–H groups in total. The molecule has 1 heterocycles. The van der Waals surface area contributed by atoms with Crippen molar-refractivity contribution in [1.29, 1.82) is 0 Å². The van der Waals surface area contributed by atoms with Crippen molar-refractivity contribution < 1.29 is 14.0 Å². The molecular formula is C21H21N3O3S. The molecule has 6 nitrogen and oxygen atoms in total. The van der Waals surface area contributed by atoms with Gasteiger partial charge in [-0.25, -0.2) is 4.98 Å². The second-order valence-electron chi connectivity index (χ2n) is 6.32. The van der Waals surface area contributed by atoms with Crippen molar-refractivity contribution in [2.45, 2.75) is 12.3 Å². The second kappa shape index (κ2) is 9.23. The molecule has 144 valence electrons. The average Bonchev–Trinajstić information content (AvgIpc) is 3.17. The van der Waals surface area contributed by atoms with E-state index in [2.05, 4.69) is 4.98 Å². The number of amides is 2. The van der Waals surface area contributed by atoms with Crippen molar-refractivity contribution >= 4 is 23.6 Å². The van der Waals surface area contributed by atoms with Gasteiger partial charge < -0.3 is 15.1 Å². The highest BCUT2D eigenvalue weighted by atomic mass is 32.2. The lowest BCUT2D eigenvalue weighted by Crippen LogP contribution is -2.28. The van der Waals surface area contributed by atoms with E-state index in [9.17, 15) is 9.59 Å². The van der Waals surface area contributed by atoms with Gasteiger partial charge in [-0.2, -0.15) is 0 Å². The SMILES string of the molecule is CN(Cc1cccc(C(N)=O)c1)C(=O)CSCc1coc(-c2ccccc2)n1. The first-order chi connectivity index (χ1) is 13.5. The number of oxazole rings is 1. The van der Waals surface area contributed by atoms with Crippen LogP contribution in [0.1, 0.15) is 21.6 Å². The Bertz CT molecular complexity index is 956. The fraction of sp³-hybridized carbons (Fsp3) is 0.190. The van der Waals surface area contributed by atoms with Crippen LogP contribution in [0.2, 0.25) is 0 Å². The Morgan fingerprint density at radius 1 is 1.14 bits per heavy atom. The summed E-state index contributed by atoms with van der Waals surface area (Å²) < 4.78 is 5.51. The Morgan fingerprint density at radius 3 is 2.68 bits per heavy atom. The molecule has 0 aliphatic carbocycles. The van der Waals surface area contributed by atoms with Crippen molar-refractivity contribution in [1.82, 2.24) is 9.88 Å². The van der Waals surface area contributed by atoms with Crippen molar-refractivity contribution in [3.63, 3.8) is 0 Å². The summed E-state index contributed by atoms with van der Waals surface area (Å²) in [7, 11) is 1.74. The van der Waals surface area contributed by atoms with Gasteiger partial charge in [0.2, 0.25) is 17.7 Å². The lowest BCUT2D eigenvalue weighted by atomic mass is 10.1. The molecule has 28 heavy (non-hydrogen) atoms. The quantitative estimate of drug-likeness (QED) is 0.632. The predicted molar refractivity (Wildman–Crippen MR) is 110 cm³/mol. The molecule has 3 rings (SSSR count). The molecule has 2 aromatic carbocycles. The zero-order valence-electron chi connectivity index (χ0n) is 15.5. The highest BCUT2D eigenvalue weighted by Crippen LogP contribution is 2.20. The maximum absolute atomic E-state index is 12.4. The Hall–Kier alpha value is -3.06. The van der Waals surface area contributed by atoms with Crippen LogP contribution >= 0.6 is 11.8 Å². The van der Waals surface area contributed by atoms with Gasteiger partial charge >= 0.3 is 0 Å². The van der Waals surface area contributed by atoms with E-state index in [1.807, 2.05) is 36.4 Å². The number of nitrogens with two attached hydrogens (primary N) is 1. The minimum Gasteiger partial charge on any atom is -0.444 e. The van der Waals surface area contributed by atoms with Gasteiger partial charge in [-0.05, 0) is 29.8 Å².